The minimum atomic E-state index is -0.628. The minimum Gasteiger partial charge on any atom is -0.482 e. The van der Waals surface area contributed by atoms with Gasteiger partial charge in [-0.2, -0.15) is 0 Å². The third kappa shape index (κ3) is 3.64. The van der Waals surface area contributed by atoms with Crippen LogP contribution in [0.3, 0.4) is 0 Å². The van der Waals surface area contributed by atoms with Crippen LogP contribution in [0.5, 0.6) is 5.75 Å². The second-order valence-electron chi connectivity index (χ2n) is 9.32. The van der Waals surface area contributed by atoms with Crippen LogP contribution >= 0.6 is 0 Å². The molecule has 172 valence electrons. The van der Waals surface area contributed by atoms with E-state index in [1.165, 1.54) is 12.5 Å². The number of aromatic nitrogens is 2. The molecule has 5 heterocycles. The average molecular weight is 448 g/mol. The van der Waals surface area contributed by atoms with Gasteiger partial charge >= 0.3 is 6.01 Å². The van der Waals surface area contributed by atoms with Crippen LogP contribution in [0.4, 0.5) is 14.8 Å². The van der Waals surface area contributed by atoms with Crippen LogP contribution in [0.25, 0.3) is 0 Å². The number of hydrogen-bond acceptors (Lipinski definition) is 8. The van der Waals surface area contributed by atoms with E-state index in [-0.39, 0.29) is 23.4 Å². The maximum Gasteiger partial charge on any atom is 0.318 e. The Bertz CT molecular complexity index is 957. The summed E-state index contributed by atoms with van der Waals surface area (Å²) in [5, 5.41) is 7.69. The zero-order chi connectivity index (χ0) is 21.7. The zero-order valence-electron chi connectivity index (χ0n) is 17.7. The van der Waals surface area contributed by atoms with Crippen LogP contribution < -0.4 is 9.64 Å². The predicted octanol–water partition coefficient (Wildman–Crippen LogP) is 2.35. The molecule has 0 saturated carbocycles. The SMILES string of the molecule is Fc1cc(F)c(OC2COC2)c(C2CCN([C@@H]3COC4(C3)CN(c3nnco3)C4)CC2)c1. The number of piperidine rings is 1. The van der Waals surface area contributed by atoms with E-state index in [1.54, 1.807) is 0 Å². The van der Waals surface area contributed by atoms with Gasteiger partial charge in [-0.05, 0) is 44.3 Å². The molecule has 1 spiro atoms. The molecule has 4 aliphatic heterocycles. The lowest BCUT2D eigenvalue weighted by molar-refractivity contribution is -0.0814. The number of anilines is 1. The molecule has 0 radical (unpaired) electrons. The topological polar surface area (TPSA) is 73.1 Å². The van der Waals surface area contributed by atoms with Gasteiger partial charge in [-0.25, -0.2) is 8.78 Å². The molecule has 2 aromatic rings. The normalized spacial score (nSPS) is 26.3. The number of hydrogen-bond donors (Lipinski definition) is 0. The predicted molar refractivity (Wildman–Crippen MR) is 109 cm³/mol. The smallest absolute Gasteiger partial charge is 0.318 e. The summed E-state index contributed by atoms with van der Waals surface area (Å²) < 4.78 is 50.9. The fourth-order valence-corrected chi connectivity index (χ4v) is 5.40. The third-order valence-corrected chi connectivity index (χ3v) is 7.18. The lowest BCUT2D eigenvalue weighted by Gasteiger charge is -2.46. The molecule has 0 unspecified atom stereocenters. The van der Waals surface area contributed by atoms with Gasteiger partial charge in [0.1, 0.15) is 17.5 Å². The quantitative estimate of drug-likeness (QED) is 0.690. The molecule has 10 heteroatoms. The largest absolute Gasteiger partial charge is 0.482 e. The molecule has 0 amide bonds. The fraction of sp³-hybridized carbons (Fsp3) is 0.636. The van der Waals surface area contributed by atoms with Crippen LogP contribution in [-0.2, 0) is 9.47 Å². The van der Waals surface area contributed by atoms with Gasteiger partial charge in [-0.15, -0.1) is 5.10 Å². The van der Waals surface area contributed by atoms with E-state index in [1.807, 2.05) is 4.90 Å². The molecular formula is C22H26F2N4O4. The maximum atomic E-state index is 14.5. The second kappa shape index (κ2) is 7.93. The van der Waals surface area contributed by atoms with Gasteiger partial charge in [-0.3, -0.25) is 4.90 Å². The lowest BCUT2D eigenvalue weighted by atomic mass is 9.86. The number of nitrogens with zero attached hydrogens (tertiary/aromatic N) is 4. The molecule has 1 aromatic heterocycles. The Morgan fingerprint density at radius 2 is 1.91 bits per heavy atom. The summed E-state index contributed by atoms with van der Waals surface area (Å²) in [6, 6.07) is 3.23. The summed E-state index contributed by atoms with van der Waals surface area (Å²) >= 11 is 0. The highest BCUT2D eigenvalue weighted by atomic mass is 19.1. The van der Waals surface area contributed by atoms with Gasteiger partial charge < -0.3 is 23.5 Å². The van der Waals surface area contributed by atoms with Crippen LogP contribution in [0.15, 0.2) is 22.9 Å². The molecule has 6 rings (SSSR count). The van der Waals surface area contributed by atoms with Crippen molar-refractivity contribution in [3.63, 3.8) is 0 Å². The van der Waals surface area contributed by atoms with E-state index in [0.29, 0.717) is 37.4 Å². The standard InChI is InChI=1S/C22H26F2N4O4/c23-15-5-18(20(19(24)6-15)32-17-9-29-10-17)14-1-3-27(4-2-14)16-7-22(31-8-16)11-28(12-22)21-26-25-13-30-21/h5-6,13-14,16-17H,1-4,7-12H2/t16-/m0/s1. The van der Waals surface area contributed by atoms with Gasteiger partial charge in [-0.1, -0.05) is 5.10 Å². The van der Waals surface area contributed by atoms with Crippen LogP contribution in [-0.4, -0.2) is 78.8 Å². The third-order valence-electron chi connectivity index (χ3n) is 7.18. The van der Waals surface area contributed by atoms with Crippen molar-refractivity contribution in [3.05, 3.63) is 35.7 Å². The van der Waals surface area contributed by atoms with Crippen LogP contribution in [0, 0.1) is 11.6 Å². The van der Waals surface area contributed by atoms with E-state index in [0.717, 1.165) is 51.5 Å². The molecule has 8 nitrogen and oxygen atoms in total. The van der Waals surface area contributed by atoms with Crippen molar-refractivity contribution < 1.29 is 27.4 Å². The average Bonchev–Trinajstić information content (AvgIpc) is 3.40. The van der Waals surface area contributed by atoms with Crippen molar-refractivity contribution in [2.45, 2.75) is 42.9 Å². The first-order chi connectivity index (χ1) is 15.6. The number of ether oxygens (including phenoxy) is 3. The number of rotatable bonds is 5. The zero-order valence-corrected chi connectivity index (χ0v) is 17.7. The molecule has 1 atom stereocenters. The molecule has 4 aliphatic rings. The number of halogens is 2. The summed E-state index contributed by atoms with van der Waals surface area (Å²) in [4.78, 5) is 4.49. The molecule has 0 aliphatic carbocycles. The lowest BCUT2D eigenvalue weighted by Crippen LogP contribution is -2.62. The molecule has 4 fully saturated rings. The summed E-state index contributed by atoms with van der Waals surface area (Å²) in [6.45, 7) is 4.85. The molecule has 0 N–H and O–H groups in total. The van der Waals surface area contributed by atoms with E-state index in [9.17, 15) is 8.78 Å². The van der Waals surface area contributed by atoms with Gasteiger partial charge in [0.15, 0.2) is 11.6 Å². The van der Waals surface area contributed by atoms with Gasteiger partial charge in [0, 0.05) is 17.7 Å². The molecule has 32 heavy (non-hydrogen) atoms. The van der Waals surface area contributed by atoms with E-state index < -0.39 is 11.6 Å². The first-order valence-electron chi connectivity index (χ1n) is 11.2. The van der Waals surface area contributed by atoms with E-state index in [4.69, 9.17) is 18.6 Å². The monoisotopic (exact) mass is 448 g/mol. The number of likely N-dealkylation sites (tertiary alicyclic amines) is 1. The van der Waals surface area contributed by atoms with E-state index >= 15 is 0 Å². The first-order valence-corrected chi connectivity index (χ1v) is 11.2. The van der Waals surface area contributed by atoms with Crippen molar-refractivity contribution >= 4 is 6.01 Å². The molecular weight excluding hydrogens is 422 g/mol. The highest BCUT2D eigenvalue weighted by Crippen LogP contribution is 2.42. The van der Waals surface area contributed by atoms with Crippen molar-refractivity contribution in [3.8, 4) is 5.75 Å². The Hall–Kier alpha value is -2.30. The van der Waals surface area contributed by atoms with Crippen molar-refractivity contribution in [1.29, 1.82) is 0 Å². The fourth-order valence-electron chi connectivity index (χ4n) is 5.40. The molecule has 1 aromatic carbocycles. The summed E-state index contributed by atoms with van der Waals surface area (Å²) in [6.07, 6.45) is 3.81. The number of benzene rings is 1. The Morgan fingerprint density at radius 1 is 1.09 bits per heavy atom. The van der Waals surface area contributed by atoms with E-state index in [2.05, 4.69) is 15.1 Å². The Balaban J connectivity index is 1.07. The van der Waals surface area contributed by atoms with Crippen molar-refractivity contribution in [2.75, 3.05) is 50.9 Å². The summed E-state index contributed by atoms with van der Waals surface area (Å²) in [5.41, 5.74) is 0.496. The van der Waals surface area contributed by atoms with Crippen molar-refractivity contribution in [2.24, 2.45) is 0 Å². The molecule has 4 saturated heterocycles. The Morgan fingerprint density at radius 3 is 2.59 bits per heavy atom. The van der Waals surface area contributed by atoms with Gasteiger partial charge in [0.25, 0.3) is 0 Å². The first kappa shape index (κ1) is 20.3. The maximum absolute atomic E-state index is 14.5. The summed E-state index contributed by atoms with van der Waals surface area (Å²) in [5.74, 6) is -0.923. The van der Waals surface area contributed by atoms with Crippen LogP contribution in [0.1, 0.15) is 30.7 Å². The Labute approximate surface area is 184 Å². The molecule has 0 bridgehead atoms. The second-order valence-corrected chi connectivity index (χ2v) is 9.32. The van der Waals surface area contributed by atoms with Gasteiger partial charge in [0.05, 0.1) is 32.9 Å². The highest BCUT2D eigenvalue weighted by molar-refractivity contribution is 5.39. The minimum absolute atomic E-state index is 0.0699. The summed E-state index contributed by atoms with van der Waals surface area (Å²) in [7, 11) is 0. The van der Waals surface area contributed by atoms with Crippen molar-refractivity contribution in [1.82, 2.24) is 15.1 Å². The highest BCUT2D eigenvalue weighted by Gasteiger charge is 2.52. The van der Waals surface area contributed by atoms with Crippen LogP contribution in [0.2, 0.25) is 0 Å². The van der Waals surface area contributed by atoms with Gasteiger partial charge in [0.2, 0.25) is 6.39 Å². The Kier molecular flexibility index (Phi) is 5.03.